The first-order chi connectivity index (χ1) is 13.7. The van der Waals surface area contributed by atoms with Gasteiger partial charge in [0.05, 0.1) is 23.8 Å². The maximum absolute atomic E-state index is 12.6. The van der Waals surface area contributed by atoms with Crippen molar-refractivity contribution in [2.24, 2.45) is 0 Å². The van der Waals surface area contributed by atoms with Crippen LogP contribution in [0.1, 0.15) is 11.1 Å². The molecule has 150 valence electrons. The Morgan fingerprint density at radius 2 is 1.93 bits per heavy atom. The molecule has 0 spiro atoms. The number of hydrogen-bond acceptors (Lipinski definition) is 4. The van der Waals surface area contributed by atoms with Gasteiger partial charge in [-0.25, -0.2) is 4.98 Å². The van der Waals surface area contributed by atoms with E-state index in [1.54, 1.807) is 12.1 Å². The van der Waals surface area contributed by atoms with Gasteiger partial charge in [0.15, 0.2) is 0 Å². The molecule has 8 heteroatoms. The molecule has 1 aromatic heterocycles. The molecule has 0 fully saturated rings. The van der Waals surface area contributed by atoms with Crippen molar-refractivity contribution in [3.05, 3.63) is 69.2 Å². The first kappa shape index (κ1) is 20.5. The van der Waals surface area contributed by atoms with Crippen LogP contribution in [0.25, 0.3) is 10.9 Å². The SMILES string of the molecule is Cc1ccc(C)c(NC(=O)CN(C)C(=O)Cn2cnc3ccc(Cl)cc3c2=O)c1. The van der Waals surface area contributed by atoms with E-state index in [1.807, 2.05) is 32.0 Å². The monoisotopic (exact) mass is 412 g/mol. The van der Waals surface area contributed by atoms with Gasteiger partial charge >= 0.3 is 0 Å². The van der Waals surface area contributed by atoms with E-state index in [2.05, 4.69) is 10.3 Å². The summed E-state index contributed by atoms with van der Waals surface area (Å²) in [4.78, 5) is 42.9. The minimum atomic E-state index is -0.383. The number of aryl methyl sites for hydroxylation is 2. The van der Waals surface area contributed by atoms with E-state index < -0.39 is 0 Å². The van der Waals surface area contributed by atoms with Gasteiger partial charge < -0.3 is 10.2 Å². The maximum Gasteiger partial charge on any atom is 0.261 e. The van der Waals surface area contributed by atoms with Crippen molar-refractivity contribution < 1.29 is 9.59 Å². The quantitative estimate of drug-likeness (QED) is 0.698. The largest absolute Gasteiger partial charge is 0.335 e. The Hall–Kier alpha value is -3.19. The lowest BCUT2D eigenvalue weighted by atomic mass is 10.1. The fourth-order valence-electron chi connectivity index (χ4n) is 2.87. The van der Waals surface area contributed by atoms with Gasteiger partial charge in [0, 0.05) is 17.8 Å². The molecule has 7 nitrogen and oxygen atoms in total. The van der Waals surface area contributed by atoms with Crippen LogP contribution in [-0.2, 0) is 16.1 Å². The van der Waals surface area contributed by atoms with Crippen LogP contribution in [0.4, 0.5) is 5.69 Å². The van der Waals surface area contributed by atoms with Crippen molar-refractivity contribution in [2.75, 3.05) is 18.9 Å². The number of nitrogens with one attached hydrogen (secondary N) is 1. The van der Waals surface area contributed by atoms with Crippen LogP contribution in [-0.4, -0.2) is 39.9 Å². The molecule has 2 aromatic carbocycles. The molecular formula is C21H21ClN4O3. The second kappa shape index (κ2) is 8.45. The van der Waals surface area contributed by atoms with Crippen LogP contribution >= 0.6 is 11.6 Å². The van der Waals surface area contributed by atoms with E-state index in [9.17, 15) is 14.4 Å². The summed E-state index contributed by atoms with van der Waals surface area (Å²) in [5.74, 6) is -0.697. The number of hydrogen-bond donors (Lipinski definition) is 1. The number of anilines is 1. The molecule has 0 aliphatic heterocycles. The average Bonchev–Trinajstić information content (AvgIpc) is 2.67. The molecule has 0 aliphatic carbocycles. The lowest BCUT2D eigenvalue weighted by Crippen LogP contribution is -2.38. The number of aromatic nitrogens is 2. The number of halogens is 1. The molecule has 3 aromatic rings. The van der Waals surface area contributed by atoms with Crippen molar-refractivity contribution >= 4 is 40.0 Å². The van der Waals surface area contributed by atoms with Crippen LogP contribution in [0.3, 0.4) is 0 Å². The van der Waals surface area contributed by atoms with Gasteiger partial charge in [0.2, 0.25) is 11.8 Å². The Labute approximate surface area is 172 Å². The van der Waals surface area contributed by atoms with Crippen LogP contribution in [0.15, 0.2) is 47.5 Å². The standard InChI is InChI=1S/C21H21ClN4O3/c1-13-4-5-14(2)18(8-13)24-19(27)10-25(3)20(28)11-26-12-23-17-7-6-15(22)9-16(17)21(26)29/h4-9,12H,10-11H2,1-3H3,(H,24,27). The molecule has 0 radical (unpaired) electrons. The van der Waals surface area contributed by atoms with Gasteiger partial charge in [-0.15, -0.1) is 0 Å². The Morgan fingerprint density at radius 1 is 1.17 bits per heavy atom. The number of benzene rings is 2. The second-order valence-corrected chi connectivity index (χ2v) is 7.39. The van der Waals surface area contributed by atoms with Crippen LogP contribution in [0.5, 0.6) is 0 Å². The van der Waals surface area contributed by atoms with Crippen molar-refractivity contribution in [2.45, 2.75) is 20.4 Å². The molecule has 29 heavy (non-hydrogen) atoms. The summed E-state index contributed by atoms with van der Waals surface area (Å²) < 4.78 is 1.21. The minimum absolute atomic E-state index is 0.131. The van der Waals surface area contributed by atoms with Crippen molar-refractivity contribution in [1.82, 2.24) is 14.5 Å². The molecular weight excluding hydrogens is 392 g/mol. The zero-order valence-electron chi connectivity index (χ0n) is 16.4. The summed E-state index contributed by atoms with van der Waals surface area (Å²) in [6.07, 6.45) is 1.32. The number of nitrogens with zero attached hydrogens (tertiary/aromatic N) is 3. The predicted octanol–water partition coefficient (Wildman–Crippen LogP) is 2.76. The minimum Gasteiger partial charge on any atom is -0.335 e. The van der Waals surface area contributed by atoms with E-state index in [-0.39, 0.29) is 30.5 Å². The molecule has 0 aliphatic rings. The summed E-state index contributed by atoms with van der Waals surface area (Å²) >= 11 is 5.95. The fraction of sp³-hybridized carbons (Fsp3) is 0.238. The van der Waals surface area contributed by atoms with Gasteiger partial charge in [0.1, 0.15) is 6.54 Å². The van der Waals surface area contributed by atoms with Gasteiger partial charge in [-0.1, -0.05) is 23.7 Å². The molecule has 0 unspecified atom stereocenters. The summed E-state index contributed by atoms with van der Waals surface area (Å²) in [6.45, 7) is 3.48. The van der Waals surface area contributed by atoms with Gasteiger partial charge in [-0.3, -0.25) is 19.0 Å². The third-order valence-corrected chi connectivity index (χ3v) is 4.80. The maximum atomic E-state index is 12.6. The Kier molecular flexibility index (Phi) is 5.98. The number of carbonyl (C=O) groups is 2. The van der Waals surface area contributed by atoms with Gasteiger partial charge in [-0.05, 0) is 49.2 Å². The second-order valence-electron chi connectivity index (χ2n) is 6.96. The van der Waals surface area contributed by atoms with Crippen molar-refractivity contribution in [3.8, 4) is 0 Å². The molecule has 0 atom stereocenters. The third-order valence-electron chi connectivity index (χ3n) is 4.57. The van der Waals surface area contributed by atoms with E-state index in [0.29, 0.717) is 21.6 Å². The first-order valence-corrected chi connectivity index (χ1v) is 9.38. The lowest BCUT2D eigenvalue weighted by Gasteiger charge is -2.18. The molecule has 3 rings (SSSR count). The number of carbonyl (C=O) groups excluding carboxylic acids is 2. The van der Waals surface area contributed by atoms with Gasteiger partial charge in [-0.2, -0.15) is 0 Å². The van der Waals surface area contributed by atoms with Crippen molar-refractivity contribution in [1.29, 1.82) is 0 Å². The predicted molar refractivity (Wildman–Crippen MR) is 113 cm³/mol. The molecule has 0 bridgehead atoms. The first-order valence-electron chi connectivity index (χ1n) is 9.00. The highest BCUT2D eigenvalue weighted by Crippen LogP contribution is 2.16. The summed E-state index contributed by atoms with van der Waals surface area (Å²) in [5.41, 5.74) is 2.81. The molecule has 1 N–H and O–H groups in total. The molecule has 2 amide bonds. The highest BCUT2D eigenvalue weighted by Gasteiger charge is 2.16. The Bertz CT molecular complexity index is 1160. The smallest absolute Gasteiger partial charge is 0.261 e. The van der Waals surface area contributed by atoms with E-state index in [0.717, 1.165) is 11.1 Å². The Morgan fingerprint density at radius 3 is 2.69 bits per heavy atom. The molecule has 1 heterocycles. The molecule has 0 saturated heterocycles. The van der Waals surface area contributed by atoms with Gasteiger partial charge in [0.25, 0.3) is 5.56 Å². The summed E-state index contributed by atoms with van der Waals surface area (Å²) in [5, 5.41) is 3.57. The van der Waals surface area contributed by atoms with E-state index in [1.165, 1.54) is 28.9 Å². The number of amides is 2. The third kappa shape index (κ3) is 4.81. The number of likely N-dealkylation sites (N-methyl/N-ethyl adjacent to an activating group) is 1. The summed E-state index contributed by atoms with van der Waals surface area (Å²) in [6, 6.07) is 10.6. The Balaban J connectivity index is 1.68. The highest BCUT2D eigenvalue weighted by molar-refractivity contribution is 6.31. The van der Waals surface area contributed by atoms with Crippen LogP contribution < -0.4 is 10.9 Å². The average molecular weight is 413 g/mol. The lowest BCUT2D eigenvalue weighted by molar-refractivity contribution is -0.133. The topological polar surface area (TPSA) is 84.3 Å². The van der Waals surface area contributed by atoms with Crippen LogP contribution in [0.2, 0.25) is 5.02 Å². The van der Waals surface area contributed by atoms with Crippen molar-refractivity contribution in [3.63, 3.8) is 0 Å². The normalized spacial score (nSPS) is 10.8. The van der Waals surface area contributed by atoms with E-state index >= 15 is 0 Å². The zero-order valence-corrected chi connectivity index (χ0v) is 17.2. The number of fused-ring (bicyclic) bond motifs is 1. The van der Waals surface area contributed by atoms with Crippen LogP contribution in [0, 0.1) is 13.8 Å². The summed E-state index contributed by atoms with van der Waals surface area (Å²) in [7, 11) is 1.52. The number of rotatable bonds is 5. The zero-order chi connectivity index (χ0) is 21.1. The highest BCUT2D eigenvalue weighted by atomic mass is 35.5. The fourth-order valence-corrected chi connectivity index (χ4v) is 3.05. The van der Waals surface area contributed by atoms with E-state index in [4.69, 9.17) is 11.6 Å². The molecule has 0 saturated carbocycles.